The minimum atomic E-state index is 0.576. The van der Waals surface area contributed by atoms with Crippen LogP contribution < -0.4 is 11.5 Å². The second-order valence-corrected chi connectivity index (χ2v) is 6.72. The molecule has 0 bridgehead atoms. The van der Waals surface area contributed by atoms with E-state index in [0.717, 1.165) is 54.0 Å². The molecule has 0 saturated heterocycles. The standard InChI is InChI=1S/C21H25N5/c1-14-10-19(26-20(22)11-14)9-8-18-5-3-4-17(25-18)7-6-16-12-15(2)24-21(23)13-16/h3-5,10-13H,6-9H2,1-2H3,(H2,22,26)(H2,23,24). The molecule has 0 aliphatic heterocycles. The van der Waals surface area contributed by atoms with Crippen LogP contribution in [-0.4, -0.2) is 15.0 Å². The van der Waals surface area contributed by atoms with E-state index in [4.69, 9.17) is 16.5 Å². The Morgan fingerprint density at radius 2 is 1.35 bits per heavy atom. The zero-order chi connectivity index (χ0) is 18.5. The number of hydrogen-bond acceptors (Lipinski definition) is 5. The van der Waals surface area contributed by atoms with Crippen molar-refractivity contribution in [3.05, 3.63) is 76.4 Å². The predicted octanol–water partition coefficient (Wildman–Crippen LogP) is 3.22. The Kier molecular flexibility index (Phi) is 5.46. The van der Waals surface area contributed by atoms with E-state index >= 15 is 0 Å². The molecule has 3 rings (SSSR count). The molecule has 0 amide bonds. The van der Waals surface area contributed by atoms with Crippen molar-refractivity contribution in [1.29, 1.82) is 0 Å². The van der Waals surface area contributed by atoms with Crippen LogP contribution >= 0.6 is 0 Å². The molecular weight excluding hydrogens is 322 g/mol. The third-order valence-electron chi connectivity index (χ3n) is 4.25. The fraction of sp³-hybridized carbons (Fsp3) is 0.286. The highest BCUT2D eigenvalue weighted by atomic mass is 14.8. The summed E-state index contributed by atoms with van der Waals surface area (Å²) in [6.45, 7) is 4.00. The quantitative estimate of drug-likeness (QED) is 0.714. The van der Waals surface area contributed by atoms with E-state index in [2.05, 4.69) is 40.3 Å². The van der Waals surface area contributed by atoms with Crippen molar-refractivity contribution < 1.29 is 0 Å². The Bertz CT molecular complexity index is 793. The first-order valence-electron chi connectivity index (χ1n) is 8.89. The first-order chi connectivity index (χ1) is 12.5. The van der Waals surface area contributed by atoms with Crippen LogP contribution in [0, 0.1) is 13.8 Å². The van der Waals surface area contributed by atoms with Gasteiger partial charge in [-0.3, -0.25) is 4.98 Å². The molecule has 4 N–H and O–H groups in total. The van der Waals surface area contributed by atoms with Crippen LogP contribution in [0.5, 0.6) is 0 Å². The highest BCUT2D eigenvalue weighted by Gasteiger charge is 2.04. The predicted molar refractivity (Wildman–Crippen MR) is 106 cm³/mol. The number of aromatic nitrogens is 3. The van der Waals surface area contributed by atoms with E-state index in [0.29, 0.717) is 11.6 Å². The second kappa shape index (κ2) is 7.95. The van der Waals surface area contributed by atoms with Gasteiger partial charge in [0.05, 0.1) is 0 Å². The van der Waals surface area contributed by atoms with Gasteiger partial charge in [0.25, 0.3) is 0 Å². The van der Waals surface area contributed by atoms with Gasteiger partial charge in [-0.25, -0.2) is 9.97 Å². The van der Waals surface area contributed by atoms with Crippen molar-refractivity contribution in [3.63, 3.8) is 0 Å². The van der Waals surface area contributed by atoms with Gasteiger partial charge in [0.1, 0.15) is 11.6 Å². The van der Waals surface area contributed by atoms with Gasteiger partial charge >= 0.3 is 0 Å². The average Bonchev–Trinajstić information content (AvgIpc) is 2.57. The summed E-state index contributed by atoms with van der Waals surface area (Å²) < 4.78 is 0. The van der Waals surface area contributed by atoms with Crippen LogP contribution in [0.1, 0.15) is 33.9 Å². The summed E-state index contributed by atoms with van der Waals surface area (Å²) in [6.07, 6.45) is 3.47. The van der Waals surface area contributed by atoms with Crippen LogP contribution in [0.4, 0.5) is 11.6 Å². The van der Waals surface area contributed by atoms with Gasteiger partial charge in [-0.1, -0.05) is 6.07 Å². The van der Waals surface area contributed by atoms with Gasteiger partial charge < -0.3 is 11.5 Å². The van der Waals surface area contributed by atoms with Gasteiger partial charge in [0.15, 0.2) is 0 Å². The van der Waals surface area contributed by atoms with Crippen molar-refractivity contribution in [2.45, 2.75) is 39.5 Å². The molecule has 0 atom stereocenters. The normalized spacial score (nSPS) is 10.8. The number of hydrogen-bond donors (Lipinski definition) is 2. The number of nitrogen functional groups attached to an aromatic ring is 2. The summed E-state index contributed by atoms with van der Waals surface area (Å²) in [5, 5.41) is 0. The Morgan fingerprint density at radius 1 is 0.692 bits per heavy atom. The van der Waals surface area contributed by atoms with E-state index in [1.165, 1.54) is 5.56 Å². The largest absolute Gasteiger partial charge is 0.384 e. The van der Waals surface area contributed by atoms with Crippen LogP contribution in [0.2, 0.25) is 0 Å². The summed E-state index contributed by atoms with van der Waals surface area (Å²) in [5.74, 6) is 1.15. The molecule has 0 saturated carbocycles. The van der Waals surface area contributed by atoms with Gasteiger partial charge in [-0.15, -0.1) is 0 Å². The summed E-state index contributed by atoms with van der Waals surface area (Å²) >= 11 is 0. The maximum absolute atomic E-state index is 5.83. The Balaban J connectivity index is 1.62. The fourth-order valence-corrected chi connectivity index (χ4v) is 3.14. The highest BCUT2D eigenvalue weighted by molar-refractivity contribution is 5.35. The first-order valence-corrected chi connectivity index (χ1v) is 8.89. The van der Waals surface area contributed by atoms with E-state index < -0.39 is 0 Å². The van der Waals surface area contributed by atoms with Gasteiger partial charge in [0.2, 0.25) is 0 Å². The number of nitrogens with zero attached hydrogens (tertiary/aromatic N) is 3. The second-order valence-electron chi connectivity index (χ2n) is 6.72. The third kappa shape index (κ3) is 5.02. The molecule has 0 radical (unpaired) electrons. The zero-order valence-electron chi connectivity index (χ0n) is 15.4. The van der Waals surface area contributed by atoms with Crippen molar-refractivity contribution in [3.8, 4) is 0 Å². The highest BCUT2D eigenvalue weighted by Crippen LogP contribution is 2.12. The molecule has 0 fully saturated rings. The van der Waals surface area contributed by atoms with Gasteiger partial charge in [-0.2, -0.15) is 0 Å². The molecule has 3 heterocycles. The lowest BCUT2D eigenvalue weighted by Gasteiger charge is -2.07. The molecule has 3 aromatic heterocycles. The van der Waals surface area contributed by atoms with E-state index in [9.17, 15) is 0 Å². The molecule has 0 aliphatic rings. The summed E-state index contributed by atoms with van der Waals surface area (Å²) in [7, 11) is 0. The molecule has 3 aromatic rings. The number of aryl methyl sites for hydroxylation is 6. The van der Waals surface area contributed by atoms with Crippen LogP contribution in [0.15, 0.2) is 42.5 Å². The minimum Gasteiger partial charge on any atom is -0.384 e. The van der Waals surface area contributed by atoms with E-state index in [-0.39, 0.29) is 0 Å². The Hall–Kier alpha value is -2.95. The molecule has 0 unspecified atom stereocenters. The maximum atomic E-state index is 5.83. The van der Waals surface area contributed by atoms with Gasteiger partial charge in [0, 0.05) is 22.8 Å². The lowest BCUT2D eigenvalue weighted by atomic mass is 10.1. The molecule has 134 valence electrons. The van der Waals surface area contributed by atoms with Crippen LogP contribution in [0.25, 0.3) is 0 Å². The summed E-state index contributed by atoms with van der Waals surface area (Å²) in [5.41, 5.74) is 18.1. The number of anilines is 2. The molecule has 0 spiro atoms. The van der Waals surface area contributed by atoms with E-state index in [1.54, 1.807) is 0 Å². The van der Waals surface area contributed by atoms with Gasteiger partial charge in [-0.05, 0) is 87.1 Å². The number of pyridine rings is 3. The molecule has 5 nitrogen and oxygen atoms in total. The van der Waals surface area contributed by atoms with Crippen molar-refractivity contribution in [2.75, 3.05) is 11.5 Å². The van der Waals surface area contributed by atoms with Crippen molar-refractivity contribution in [2.24, 2.45) is 0 Å². The first kappa shape index (κ1) is 17.9. The minimum absolute atomic E-state index is 0.576. The monoisotopic (exact) mass is 347 g/mol. The molecule has 5 heteroatoms. The fourth-order valence-electron chi connectivity index (χ4n) is 3.14. The third-order valence-corrected chi connectivity index (χ3v) is 4.25. The summed E-state index contributed by atoms with van der Waals surface area (Å²) in [4.78, 5) is 13.4. The lowest BCUT2D eigenvalue weighted by molar-refractivity contribution is 0.842. The van der Waals surface area contributed by atoms with Crippen LogP contribution in [0.3, 0.4) is 0 Å². The number of nitrogens with two attached hydrogens (primary N) is 2. The van der Waals surface area contributed by atoms with Crippen LogP contribution in [-0.2, 0) is 25.7 Å². The average molecular weight is 347 g/mol. The van der Waals surface area contributed by atoms with E-state index in [1.807, 2.05) is 26.0 Å². The molecule has 0 aliphatic carbocycles. The molecule has 26 heavy (non-hydrogen) atoms. The Morgan fingerprint density at radius 3 is 2.04 bits per heavy atom. The number of rotatable bonds is 6. The molecule has 0 aromatic carbocycles. The maximum Gasteiger partial charge on any atom is 0.123 e. The SMILES string of the molecule is Cc1cc(N)nc(CCc2cccc(CCc3cc(C)nc(N)c3)n2)c1. The lowest BCUT2D eigenvalue weighted by Crippen LogP contribution is -2.03. The smallest absolute Gasteiger partial charge is 0.123 e. The zero-order valence-corrected chi connectivity index (χ0v) is 15.4. The topological polar surface area (TPSA) is 90.7 Å². The Labute approximate surface area is 154 Å². The molecular formula is C21H25N5. The summed E-state index contributed by atoms with van der Waals surface area (Å²) in [6, 6.07) is 14.2. The van der Waals surface area contributed by atoms with Crippen molar-refractivity contribution >= 4 is 11.6 Å². The van der Waals surface area contributed by atoms with Crippen molar-refractivity contribution in [1.82, 2.24) is 15.0 Å².